The highest BCUT2D eigenvalue weighted by atomic mass is 35.5. The molecule has 0 N–H and O–H groups in total. The predicted octanol–water partition coefficient (Wildman–Crippen LogP) is 4.83. The molecule has 0 fully saturated rings. The number of benzene rings is 2. The van der Waals surface area contributed by atoms with E-state index in [0.717, 1.165) is 11.1 Å². The van der Waals surface area contributed by atoms with Crippen molar-refractivity contribution in [2.24, 2.45) is 0 Å². The van der Waals surface area contributed by atoms with Crippen LogP contribution in [0.5, 0.6) is 0 Å². The quantitative estimate of drug-likeness (QED) is 0.785. The second-order valence-electron chi connectivity index (χ2n) is 5.09. The summed E-state index contributed by atoms with van der Waals surface area (Å²) in [7, 11) is -3.77. The van der Waals surface area contributed by atoms with Gasteiger partial charge in [-0.05, 0) is 62.2 Å². The molecule has 22 heavy (non-hydrogen) atoms. The highest BCUT2D eigenvalue weighted by molar-refractivity contribution is 7.93. The lowest BCUT2D eigenvalue weighted by atomic mass is 10.1. The fourth-order valence-electron chi connectivity index (χ4n) is 2.38. The summed E-state index contributed by atoms with van der Waals surface area (Å²) in [4.78, 5) is 0.0164. The smallest absolute Gasteiger partial charge is 0.265 e. The fraction of sp³-hybridized carbons (Fsp3) is 0.250. The Morgan fingerprint density at radius 2 is 1.59 bits per heavy atom. The van der Waals surface area contributed by atoms with Crippen molar-refractivity contribution in [2.45, 2.75) is 25.7 Å². The van der Waals surface area contributed by atoms with E-state index in [9.17, 15) is 8.42 Å². The molecule has 0 radical (unpaired) electrons. The SMILES string of the molecule is CCN(c1cc(C)cc(C)c1)S(=O)(=O)c1cc(Cl)ccc1Cl. The molecule has 0 aromatic heterocycles. The van der Waals surface area contributed by atoms with Crippen LogP contribution in [0.1, 0.15) is 18.1 Å². The molecule has 0 heterocycles. The fourth-order valence-corrected chi connectivity index (χ4v) is 4.58. The summed E-state index contributed by atoms with van der Waals surface area (Å²) in [6.07, 6.45) is 0. The molecular formula is C16H17Cl2NO2S. The highest BCUT2D eigenvalue weighted by Crippen LogP contribution is 2.31. The number of halogens is 2. The maximum Gasteiger partial charge on any atom is 0.265 e. The van der Waals surface area contributed by atoms with Gasteiger partial charge in [-0.15, -0.1) is 0 Å². The zero-order chi connectivity index (χ0) is 16.5. The molecule has 0 spiro atoms. The first-order valence-electron chi connectivity index (χ1n) is 6.82. The van der Waals surface area contributed by atoms with Crippen molar-refractivity contribution >= 4 is 38.9 Å². The summed E-state index contributed by atoms with van der Waals surface area (Å²) in [5.74, 6) is 0. The van der Waals surface area contributed by atoms with Gasteiger partial charge in [-0.25, -0.2) is 8.42 Å². The molecule has 0 atom stereocenters. The Bertz CT molecular complexity index is 784. The van der Waals surface area contributed by atoms with E-state index in [1.807, 2.05) is 32.0 Å². The van der Waals surface area contributed by atoms with Gasteiger partial charge >= 0.3 is 0 Å². The van der Waals surface area contributed by atoms with Crippen LogP contribution in [0.25, 0.3) is 0 Å². The first kappa shape index (κ1) is 17.1. The summed E-state index contributed by atoms with van der Waals surface area (Å²) < 4.78 is 27.2. The van der Waals surface area contributed by atoms with Gasteiger partial charge in [0.1, 0.15) is 4.90 Å². The van der Waals surface area contributed by atoms with Gasteiger partial charge in [-0.3, -0.25) is 4.31 Å². The Morgan fingerprint density at radius 1 is 1.00 bits per heavy atom. The van der Waals surface area contributed by atoms with E-state index in [4.69, 9.17) is 23.2 Å². The molecule has 2 aromatic rings. The van der Waals surface area contributed by atoms with Crippen molar-refractivity contribution in [2.75, 3.05) is 10.8 Å². The van der Waals surface area contributed by atoms with E-state index < -0.39 is 10.0 Å². The van der Waals surface area contributed by atoms with Crippen molar-refractivity contribution < 1.29 is 8.42 Å². The van der Waals surface area contributed by atoms with Crippen LogP contribution in [0.3, 0.4) is 0 Å². The molecule has 0 unspecified atom stereocenters. The summed E-state index contributed by atoms with van der Waals surface area (Å²) in [5, 5.41) is 0.492. The topological polar surface area (TPSA) is 37.4 Å². The number of anilines is 1. The molecule has 0 saturated heterocycles. The Hall–Kier alpha value is -1.23. The lowest BCUT2D eigenvalue weighted by molar-refractivity contribution is 0.592. The highest BCUT2D eigenvalue weighted by Gasteiger charge is 2.26. The van der Waals surface area contributed by atoms with Crippen LogP contribution in [0, 0.1) is 13.8 Å². The summed E-state index contributed by atoms with van der Waals surface area (Å²) in [6.45, 7) is 5.95. The van der Waals surface area contributed by atoms with Gasteiger partial charge in [0, 0.05) is 11.6 Å². The number of nitrogens with zero attached hydrogens (tertiary/aromatic N) is 1. The summed E-state index contributed by atoms with van der Waals surface area (Å²) in [5.41, 5.74) is 2.62. The number of rotatable bonds is 4. The molecule has 0 bridgehead atoms. The maximum absolute atomic E-state index is 12.9. The minimum Gasteiger partial charge on any atom is -0.267 e. The van der Waals surface area contributed by atoms with E-state index in [2.05, 4.69) is 0 Å². The summed E-state index contributed by atoms with van der Waals surface area (Å²) >= 11 is 12.0. The zero-order valence-corrected chi connectivity index (χ0v) is 14.9. The largest absolute Gasteiger partial charge is 0.267 e. The molecule has 118 valence electrons. The molecule has 0 aliphatic heterocycles. The zero-order valence-electron chi connectivity index (χ0n) is 12.6. The molecule has 2 rings (SSSR count). The molecule has 0 amide bonds. The number of hydrogen-bond acceptors (Lipinski definition) is 2. The van der Waals surface area contributed by atoms with E-state index in [1.54, 1.807) is 13.0 Å². The second kappa shape index (κ2) is 6.49. The molecule has 0 aliphatic carbocycles. The van der Waals surface area contributed by atoms with Crippen LogP contribution in [0.2, 0.25) is 10.0 Å². The molecule has 6 heteroatoms. The van der Waals surface area contributed by atoms with Gasteiger partial charge in [0.15, 0.2) is 0 Å². The maximum atomic E-state index is 12.9. The molecule has 0 aliphatic rings. The first-order chi connectivity index (χ1) is 10.3. The molecule has 3 nitrogen and oxygen atoms in total. The van der Waals surface area contributed by atoms with E-state index in [0.29, 0.717) is 17.3 Å². The van der Waals surface area contributed by atoms with Gasteiger partial charge in [0.2, 0.25) is 0 Å². The number of sulfonamides is 1. The van der Waals surface area contributed by atoms with Gasteiger partial charge in [-0.1, -0.05) is 29.3 Å². The lowest BCUT2D eigenvalue weighted by Gasteiger charge is -2.24. The van der Waals surface area contributed by atoms with Crippen molar-refractivity contribution in [3.05, 3.63) is 57.6 Å². The third-order valence-corrected chi connectivity index (χ3v) is 5.86. The van der Waals surface area contributed by atoms with E-state index in [-0.39, 0.29) is 9.92 Å². The summed E-state index contributed by atoms with van der Waals surface area (Å²) in [6, 6.07) is 10.1. The van der Waals surface area contributed by atoms with Crippen LogP contribution < -0.4 is 4.31 Å². The van der Waals surface area contributed by atoms with E-state index in [1.165, 1.54) is 16.4 Å². The molecule has 2 aromatic carbocycles. The predicted molar refractivity (Wildman–Crippen MR) is 92.6 cm³/mol. The number of aryl methyl sites for hydroxylation is 2. The third kappa shape index (κ3) is 3.40. The Labute approximate surface area is 141 Å². The monoisotopic (exact) mass is 357 g/mol. The average molecular weight is 358 g/mol. The second-order valence-corrected chi connectivity index (χ2v) is 7.76. The van der Waals surface area contributed by atoms with Crippen molar-refractivity contribution in [3.63, 3.8) is 0 Å². The minimum atomic E-state index is -3.77. The third-order valence-electron chi connectivity index (χ3n) is 3.24. The van der Waals surface area contributed by atoms with Crippen LogP contribution in [-0.2, 0) is 10.0 Å². The first-order valence-corrected chi connectivity index (χ1v) is 9.01. The van der Waals surface area contributed by atoms with E-state index >= 15 is 0 Å². The van der Waals surface area contributed by atoms with Crippen molar-refractivity contribution in [3.8, 4) is 0 Å². The number of hydrogen-bond donors (Lipinski definition) is 0. The van der Waals surface area contributed by atoms with Crippen LogP contribution in [-0.4, -0.2) is 15.0 Å². The van der Waals surface area contributed by atoms with Gasteiger partial charge in [0.05, 0.1) is 10.7 Å². The van der Waals surface area contributed by atoms with Gasteiger partial charge < -0.3 is 0 Å². The Balaban J connectivity index is 2.60. The molecule has 0 saturated carbocycles. The normalized spacial score (nSPS) is 11.5. The molecular weight excluding hydrogens is 341 g/mol. The van der Waals surface area contributed by atoms with Crippen LogP contribution in [0.15, 0.2) is 41.3 Å². The lowest BCUT2D eigenvalue weighted by Crippen LogP contribution is -2.31. The van der Waals surface area contributed by atoms with Gasteiger partial charge in [-0.2, -0.15) is 0 Å². The Morgan fingerprint density at radius 3 is 2.14 bits per heavy atom. The van der Waals surface area contributed by atoms with Crippen molar-refractivity contribution in [1.29, 1.82) is 0 Å². The van der Waals surface area contributed by atoms with Crippen LogP contribution >= 0.6 is 23.2 Å². The average Bonchev–Trinajstić information content (AvgIpc) is 2.40. The van der Waals surface area contributed by atoms with Crippen LogP contribution in [0.4, 0.5) is 5.69 Å². The standard InChI is InChI=1S/C16H17Cl2NO2S/c1-4-19(14-8-11(2)7-12(3)9-14)22(20,21)16-10-13(17)5-6-15(16)18/h5-10H,4H2,1-3H3. The minimum absolute atomic E-state index is 0.0164. The Kier molecular flexibility index (Phi) is 5.05. The van der Waals surface area contributed by atoms with Gasteiger partial charge in [0.25, 0.3) is 10.0 Å². The van der Waals surface area contributed by atoms with Crippen molar-refractivity contribution in [1.82, 2.24) is 0 Å².